The van der Waals surface area contributed by atoms with Crippen LogP contribution >= 0.6 is 11.6 Å². The molecule has 2 N–H and O–H groups in total. The largest absolute Gasteiger partial charge is 0.387 e. The first kappa shape index (κ1) is 24.7. The number of nitrogens with one attached hydrogen (secondary N) is 1. The summed E-state index contributed by atoms with van der Waals surface area (Å²) in [5.74, 6) is -0.806. The average Bonchev–Trinajstić information content (AvgIpc) is 3.28. The number of pyridine rings is 2. The number of nitrogens with zero attached hydrogens (tertiary/aromatic N) is 7. The van der Waals surface area contributed by atoms with E-state index in [0.717, 1.165) is 18.5 Å². The molecule has 13 heteroatoms. The molecule has 1 aliphatic carbocycles. The van der Waals surface area contributed by atoms with Gasteiger partial charge in [0.1, 0.15) is 17.8 Å². The Balaban J connectivity index is 1.33. The van der Waals surface area contributed by atoms with E-state index in [1.165, 1.54) is 48.5 Å². The van der Waals surface area contributed by atoms with Gasteiger partial charge in [-0.3, -0.25) is 9.78 Å². The maximum Gasteiger partial charge on any atom is 0.252 e. The van der Waals surface area contributed by atoms with Crippen LogP contribution in [0.2, 0.25) is 5.02 Å². The van der Waals surface area contributed by atoms with Crippen molar-refractivity contribution in [1.82, 2.24) is 39.7 Å². The van der Waals surface area contributed by atoms with E-state index >= 15 is 8.78 Å². The number of benzene rings is 1. The number of aromatic amines is 1. The number of aliphatic hydroxyl groups excluding tert-OH is 1. The highest BCUT2D eigenvalue weighted by molar-refractivity contribution is 6.31. The Morgan fingerprint density at radius 1 is 1.18 bits per heavy atom. The molecule has 0 radical (unpaired) electrons. The van der Waals surface area contributed by atoms with Gasteiger partial charge >= 0.3 is 0 Å². The van der Waals surface area contributed by atoms with E-state index in [1.54, 1.807) is 10.6 Å². The quantitative estimate of drug-likeness (QED) is 0.327. The van der Waals surface area contributed by atoms with E-state index < -0.39 is 23.8 Å². The molecule has 2 atom stereocenters. The normalized spacial score (nSPS) is 17.8. The molecule has 2 aliphatic rings. The SMILES string of the molecule is CC(O)c1nccc(-c2cnc([C@H]3CC4(CC4)c4cc(-c5c(-n6cnnn6)ccc(Cl)c5F)cc(=O)n43)[nH]2)c1F. The fourth-order valence-corrected chi connectivity index (χ4v) is 5.89. The molecule has 10 nitrogen and oxygen atoms in total. The van der Waals surface area contributed by atoms with Crippen LogP contribution < -0.4 is 5.56 Å². The van der Waals surface area contributed by atoms with Gasteiger partial charge in [-0.15, -0.1) is 5.10 Å². The lowest BCUT2D eigenvalue weighted by molar-refractivity contribution is 0.189. The molecule has 40 heavy (non-hydrogen) atoms. The van der Waals surface area contributed by atoms with Gasteiger partial charge in [0, 0.05) is 34.5 Å². The number of hydrogen-bond acceptors (Lipinski definition) is 7. The van der Waals surface area contributed by atoms with Crippen molar-refractivity contribution in [1.29, 1.82) is 0 Å². The molecule has 1 spiro atoms. The van der Waals surface area contributed by atoms with Gasteiger partial charge in [-0.2, -0.15) is 4.68 Å². The minimum atomic E-state index is -1.07. The lowest BCUT2D eigenvalue weighted by Gasteiger charge is -2.16. The lowest BCUT2D eigenvalue weighted by atomic mass is 9.95. The summed E-state index contributed by atoms with van der Waals surface area (Å²) in [5.41, 5.74) is 1.62. The summed E-state index contributed by atoms with van der Waals surface area (Å²) >= 11 is 6.14. The van der Waals surface area contributed by atoms with E-state index in [4.69, 9.17) is 11.6 Å². The van der Waals surface area contributed by atoms with Crippen molar-refractivity contribution < 1.29 is 13.9 Å². The monoisotopic (exact) mass is 562 g/mol. The minimum absolute atomic E-state index is 0.0603. The second-order valence-electron chi connectivity index (χ2n) is 10.3. The molecule has 5 aromatic rings. The Kier molecular flexibility index (Phi) is 5.48. The van der Waals surface area contributed by atoms with E-state index in [1.807, 2.05) is 6.07 Å². The molecule has 0 bridgehead atoms. The Hall–Kier alpha value is -4.29. The van der Waals surface area contributed by atoms with Crippen LogP contribution in [0.5, 0.6) is 0 Å². The number of tetrazole rings is 1. The van der Waals surface area contributed by atoms with Crippen LogP contribution in [0.3, 0.4) is 0 Å². The third-order valence-corrected chi connectivity index (χ3v) is 8.12. The zero-order chi connectivity index (χ0) is 27.8. The van der Waals surface area contributed by atoms with Gasteiger partial charge in [0.25, 0.3) is 5.56 Å². The molecule has 7 rings (SSSR count). The van der Waals surface area contributed by atoms with E-state index in [2.05, 4.69) is 30.5 Å². The second kappa shape index (κ2) is 8.86. The standard InChI is InChI=1S/C27H21ClF2N8O2/c1-13(39)25-23(29)15(4-7-31-25)17-11-32-26(34-17)19-10-27(5-6-27)20-8-14(9-21(40)38(19)20)22-18(37-12-33-35-36-37)3-2-16(28)24(22)30/h2-4,7-9,11-13,19,39H,5-6,10H2,1H3,(H,32,34)/t13?,19-/m1/s1. The average molecular weight is 563 g/mol. The summed E-state index contributed by atoms with van der Waals surface area (Å²) in [4.78, 5) is 25.3. The van der Waals surface area contributed by atoms with Crippen LogP contribution in [0.1, 0.15) is 55.5 Å². The van der Waals surface area contributed by atoms with Crippen molar-refractivity contribution in [2.24, 2.45) is 0 Å². The van der Waals surface area contributed by atoms with Crippen LogP contribution in [0.25, 0.3) is 28.1 Å². The topological polar surface area (TPSA) is 127 Å². The second-order valence-corrected chi connectivity index (χ2v) is 10.7. The molecule has 1 unspecified atom stereocenters. The number of aromatic nitrogens is 8. The summed E-state index contributed by atoms with van der Waals surface area (Å²) in [7, 11) is 0. The summed E-state index contributed by atoms with van der Waals surface area (Å²) < 4.78 is 33.5. The number of imidazole rings is 1. The summed E-state index contributed by atoms with van der Waals surface area (Å²) in [5, 5.41) is 20.9. The molecule has 5 heterocycles. The first-order valence-electron chi connectivity index (χ1n) is 12.6. The lowest BCUT2D eigenvalue weighted by Crippen LogP contribution is -2.24. The van der Waals surface area contributed by atoms with Crippen molar-refractivity contribution in [3.05, 3.63) is 93.3 Å². The number of fused-ring (bicyclic) bond motifs is 2. The van der Waals surface area contributed by atoms with Gasteiger partial charge in [-0.1, -0.05) is 11.6 Å². The maximum absolute atomic E-state index is 15.5. The summed E-state index contributed by atoms with van der Waals surface area (Å²) in [6, 6.07) is 7.31. The van der Waals surface area contributed by atoms with Crippen molar-refractivity contribution >= 4 is 11.6 Å². The highest BCUT2D eigenvalue weighted by atomic mass is 35.5. The van der Waals surface area contributed by atoms with Gasteiger partial charge in [0.05, 0.1) is 34.7 Å². The Bertz CT molecular complexity index is 1850. The summed E-state index contributed by atoms with van der Waals surface area (Å²) in [6.45, 7) is 1.44. The first-order chi connectivity index (χ1) is 19.3. The number of halogens is 3. The molecule has 1 aromatic carbocycles. The molecule has 202 valence electrons. The van der Waals surface area contributed by atoms with E-state index in [-0.39, 0.29) is 32.8 Å². The fraction of sp³-hybridized carbons (Fsp3) is 0.259. The van der Waals surface area contributed by atoms with Crippen LogP contribution in [0.4, 0.5) is 8.78 Å². The fourth-order valence-electron chi connectivity index (χ4n) is 5.73. The number of aliphatic hydroxyl groups is 1. The molecule has 0 saturated heterocycles. The molecular weight excluding hydrogens is 542 g/mol. The molecule has 1 saturated carbocycles. The van der Waals surface area contributed by atoms with Crippen LogP contribution in [0, 0.1) is 11.6 Å². The highest BCUT2D eigenvalue weighted by Crippen LogP contribution is 2.58. The van der Waals surface area contributed by atoms with Crippen LogP contribution in [0.15, 0.2) is 53.8 Å². The predicted octanol–water partition coefficient (Wildman–Crippen LogP) is 4.29. The van der Waals surface area contributed by atoms with Crippen LogP contribution in [-0.2, 0) is 5.41 Å². The third kappa shape index (κ3) is 3.70. The molecule has 1 fully saturated rings. The zero-order valence-electron chi connectivity index (χ0n) is 21.0. The minimum Gasteiger partial charge on any atom is -0.387 e. The number of rotatable bonds is 5. The van der Waals surface area contributed by atoms with Crippen molar-refractivity contribution in [2.45, 2.75) is 43.7 Å². The smallest absolute Gasteiger partial charge is 0.252 e. The summed E-state index contributed by atoms with van der Waals surface area (Å²) in [6.07, 6.45) is 5.57. The number of hydrogen-bond donors (Lipinski definition) is 2. The Morgan fingerprint density at radius 3 is 2.73 bits per heavy atom. The molecule has 1 aliphatic heterocycles. The van der Waals surface area contributed by atoms with Gasteiger partial charge in [0.15, 0.2) is 11.6 Å². The third-order valence-electron chi connectivity index (χ3n) is 7.83. The molecule has 4 aromatic heterocycles. The highest BCUT2D eigenvalue weighted by Gasteiger charge is 2.54. The van der Waals surface area contributed by atoms with Crippen molar-refractivity contribution in [3.63, 3.8) is 0 Å². The maximum atomic E-state index is 15.5. The Morgan fingerprint density at radius 2 is 2.00 bits per heavy atom. The van der Waals surface area contributed by atoms with Gasteiger partial charge in [-0.25, -0.2) is 13.8 Å². The first-order valence-corrected chi connectivity index (χ1v) is 13.0. The van der Waals surface area contributed by atoms with Gasteiger partial charge in [-0.05, 0) is 66.4 Å². The predicted molar refractivity (Wildman–Crippen MR) is 140 cm³/mol. The zero-order valence-corrected chi connectivity index (χ0v) is 21.8. The molecule has 0 amide bonds. The number of H-pyrrole nitrogens is 1. The van der Waals surface area contributed by atoms with Gasteiger partial charge in [0.2, 0.25) is 0 Å². The van der Waals surface area contributed by atoms with E-state index in [0.29, 0.717) is 29.2 Å². The van der Waals surface area contributed by atoms with E-state index in [9.17, 15) is 9.90 Å². The van der Waals surface area contributed by atoms with Crippen molar-refractivity contribution in [3.8, 4) is 28.1 Å². The Labute approximate surface area is 230 Å². The van der Waals surface area contributed by atoms with Crippen LogP contribution in [-0.4, -0.2) is 44.8 Å². The van der Waals surface area contributed by atoms with Crippen molar-refractivity contribution in [2.75, 3.05) is 0 Å². The molecular formula is C27H21ClF2N8O2. The van der Waals surface area contributed by atoms with Gasteiger partial charge < -0.3 is 14.7 Å².